The van der Waals surface area contributed by atoms with Crippen LogP contribution in [0.2, 0.25) is 0 Å². The molecule has 2 aliphatic heterocycles. The molecule has 4 rings (SSSR count). The van der Waals surface area contributed by atoms with Crippen LogP contribution in [0.5, 0.6) is 0 Å². The van der Waals surface area contributed by atoms with Gasteiger partial charge in [-0.25, -0.2) is 8.42 Å². The number of morpholine rings is 1. The Morgan fingerprint density at radius 1 is 1.13 bits per heavy atom. The first-order valence-electron chi connectivity index (χ1n) is 10.2. The number of amides is 1. The smallest absolute Gasteiger partial charge is 0.245 e. The van der Waals surface area contributed by atoms with Crippen LogP contribution in [0.4, 0.5) is 0 Å². The summed E-state index contributed by atoms with van der Waals surface area (Å²) in [6.07, 6.45) is 0.0459. The number of carbonyl (C=O) groups is 1. The summed E-state index contributed by atoms with van der Waals surface area (Å²) in [5.74, 6) is 0.0756. The summed E-state index contributed by atoms with van der Waals surface area (Å²) in [5, 5.41) is 0. The van der Waals surface area contributed by atoms with Gasteiger partial charge in [0.25, 0.3) is 0 Å². The van der Waals surface area contributed by atoms with Gasteiger partial charge in [0.2, 0.25) is 15.9 Å². The number of rotatable bonds is 4. The van der Waals surface area contributed by atoms with Gasteiger partial charge in [-0.3, -0.25) is 9.69 Å². The van der Waals surface area contributed by atoms with Crippen molar-refractivity contribution in [2.75, 3.05) is 39.3 Å². The minimum atomic E-state index is -3.66. The number of ether oxygens (including phenoxy) is 1. The van der Waals surface area contributed by atoms with E-state index in [4.69, 9.17) is 4.74 Å². The molecule has 0 spiro atoms. The number of hydrogen-bond acceptors (Lipinski definition) is 8. The molecule has 1 aromatic carbocycles. The molecule has 0 saturated carbocycles. The van der Waals surface area contributed by atoms with E-state index in [9.17, 15) is 13.2 Å². The molecule has 1 amide bonds. The van der Waals surface area contributed by atoms with Crippen LogP contribution < -0.4 is 0 Å². The van der Waals surface area contributed by atoms with E-state index in [1.807, 2.05) is 25.7 Å². The van der Waals surface area contributed by atoms with Gasteiger partial charge in [0.1, 0.15) is 15.9 Å². The van der Waals surface area contributed by atoms with Crippen molar-refractivity contribution in [3.63, 3.8) is 0 Å². The van der Waals surface area contributed by atoms with Crippen molar-refractivity contribution < 1.29 is 17.9 Å². The molecule has 3 atom stereocenters. The van der Waals surface area contributed by atoms with Gasteiger partial charge in [0.15, 0.2) is 0 Å². The van der Waals surface area contributed by atoms with Crippen molar-refractivity contribution in [1.29, 1.82) is 0 Å². The van der Waals surface area contributed by atoms with Gasteiger partial charge in [-0.2, -0.15) is 13.1 Å². The third kappa shape index (κ3) is 4.09. The number of nitrogens with zero attached hydrogens (tertiary/aromatic N) is 5. The van der Waals surface area contributed by atoms with Gasteiger partial charge in [-0.05, 0) is 32.9 Å². The van der Waals surface area contributed by atoms with Gasteiger partial charge >= 0.3 is 0 Å². The molecular weight excluding hydrogens is 426 g/mol. The normalized spacial score (nSPS) is 25.5. The van der Waals surface area contributed by atoms with Crippen LogP contribution >= 0.6 is 11.7 Å². The molecule has 2 saturated heterocycles. The third-order valence-corrected chi connectivity index (χ3v) is 8.25. The lowest BCUT2D eigenvalue weighted by atomic mass is 10.1. The fourth-order valence-corrected chi connectivity index (χ4v) is 6.41. The molecule has 0 radical (unpaired) electrons. The Hall–Kier alpha value is -1.66. The molecule has 9 nitrogen and oxygen atoms in total. The van der Waals surface area contributed by atoms with Crippen LogP contribution in [-0.2, 0) is 19.6 Å². The molecule has 164 valence electrons. The second-order valence-corrected chi connectivity index (χ2v) is 10.4. The highest BCUT2D eigenvalue weighted by Crippen LogP contribution is 2.25. The van der Waals surface area contributed by atoms with Gasteiger partial charge in [0.05, 0.1) is 30.0 Å². The Morgan fingerprint density at radius 3 is 2.47 bits per heavy atom. The first-order chi connectivity index (χ1) is 14.3. The average molecular weight is 454 g/mol. The Labute approximate surface area is 181 Å². The lowest BCUT2D eigenvalue weighted by Crippen LogP contribution is -2.58. The van der Waals surface area contributed by atoms with E-state index < -0.39 is 10.0 Å². The number of carbonyl (C=O) groups excluding carboxylic acids is 1. The fraction of sp³-hybridized carbons (Fsp3) is 0.632. The molecule has 30 heavy (non-hydrogen) atoms. The predicted molar refractivity (Wildman–Crippen MR) is 114 cm³/mol. The third-order valence-electron chi connectivity index (χ3n) is 5.78. The van der Waals surface area contributed by atoms with E-state index >= 15 is 0 Å². The van der Waals surface area contributed by atoms with E-state index in [1.165, 1.54) is 4.31 Å². The molecule has 3 unspecified atom stereocenters. The van der Waals surface area contributed by atoms with E-state index in [1.54, 1.807) is 18.2 Å². The predicted octanol–water partition coefficient (Wildman–Crippen LogP) is 1.02. The summed E-state index contributed by atoms with van der Waals surface area (Å²) in [6, 6.07) is 4.74. The molecule has 2 aromatic rings. The van der Waals surface area contributed by atoms with Crippen LogP contribution in [0.25, 0.3) is 11.0 Å². The quantitative estimate of drug-likeness (QED) is 0.682. The molecule has 0 aliphatic carbocycles. The SMILES string of the molecule is CC1CN(C(=O)C(C)N2CCN(S(=O)(=O)c3cccc4nsnc34)CC2)CC(C)O1. The van der Waals surface area contributed by atoms with E-state index in [0.29, 0.717) is 50.3 Å². The highest BCUT2D eigenvalue weighted by atomic mass is 32.2. The molecule has 3 heterocycles. The van der Waals surface area contributed by atoms with Crippen LogP contribution in [0.15, 0.2) is 23.1 Å². The van der Waals surface area contributed by atoms with E-state index in [2.05, 4.69) is 13.6 Å². The second-order valence-electron chi connectivity index (χ2n) is 8.00. The lowest BCUT2D eigenvalue weighted by Gasteiger charge is -2.41. The number of piperazine rings is 1. The zero-order valence-corrected chi connectivity index (χ0v) is 19.0. The van der Waals surface area contributed by atoms with Gasteiger partial charge in [0, 0.05) is 39.3 Å². The van der Waals surface area contributed by atoms with Gasteiger partial charge in [-0.1, -0.05) is 6.07 Å². The maximum atomic E-state index is 13.2. The monoisotopic (exact) mass is 453 g/mol. The summed E-state index contributed by atoms with van der Waals surface area (Å²) in [5.41, 5.74) is 1.01. The molecule has 2 fully saturated rings. The minimum Gasteiger partial charge on any atom is -0.372 e. The highest BCUT2D eigenvalue weighted by molar-refractivity contribution is 7.89. The fourth-order valence-electron chi connectivity index (χ4n) is 4.24. The van der Waals surface area contributed by atoms with Crippen molar-refractivity contribution in [2.24, 2.45) is 0 Å². The maximum absolute atomic E-state index is 13.2. The Kier molecular flexibility index (Phi) is 6.08. The molecule has 0 bridgehead atoms. The summed E-state index contributed by atoms with van der Waals surface area (Å²) >= 11 is 1.01. The molecule has 2 aliphatic rings. The molecule has 11 heteroatoms. The maximum Gasteiger partial charge on any atom is 0.245 e. The van der Waals surface area contributed by atoms with Crippen molar-refractivity contribution in [2.45, 2.75) is 43.9 Å². The Morgan fingerprint density at radius 2 is 1.80 bits per heavy atom. The van der Waals surface area contributed by atoms with E-state index in [-0.39, 0.29) is 29.1 Å². The van der Waals surface area contributed by atoms with Crippen molar-refractivity contribution >= 4 is 38.7 Å². The largest absolute Gasteiger partial charge is 0.372 e. The van der Waals surface area contributed by atoms with Crippen molar-refractivity contribution in [3.8, 4) is 0 Å². The van der Waals surface area contributed by atoms with Crippen LogP contribution in [0.3, 0.4) is 0 Å². The van der Waals surface area contributed by atoms with E-state index in [0.717, 1.165) is 11.7 Å². The number of sulfonamides is 1. The Bertz CT molecular complexity index is 1010. The molecule has 1 aromatic heterocycles. The second kappa shape index (κ2) is 8.46. The zero-order valence-electron chi connectivity index (χ0n) is 17.4. The number of aromatic nitrogens is 2. The summed E-state index contributed by atoms with van der Waals surface area (Å²) in [7, 11) is -3.66. The first-order valence-corrected chi connectivity index (χ1v) is 12.3. The van der Waals surface area contributed by atoms with Crippen LogP contribution in [0.1, 0.15) is 20.8 Å². The van der Waals surface area contributed by atoms with Crippen LogP contribution in [-0.4, -0.2) is 94.7 Å². The topological polar surface area (TPSA) is 95.9 Å². The van der Waals surface area contributed by atoms with Crippen molar-refractivity contribution in [1.82, 2.24) is 22.9 Å². The minimum absolute atomic E-state index is 0.0230. The Balaban J connectivity index is 1.42. The zero-order chi connectivity index (χ0) is 21.5. The summed E-state index contributed by atoms with van der Waals surface area (Å²) in [6.45, 7) is 8.72. The average Bonchev–Trinajstić information content (AvgIpc) is 3.21. The highest BCUT2D eigenvalue weighted by Gasteiger charge is 2.35. The lowest BCUT2D eigenvalue weighted by molar-refractivity contribution is -0.148. The van der Waals surface area contributed by atoms with Gasteiger partial charge in [-0.15, -0.1) is 0 Å². The van der Waals surface area contributed by atoms with Gasteiger partial charge < -0.3 is 9.64 Å². The van der Waals surface area contributed by atoms with Crippen LogP contribution in [0, 0.1) is 0 Å². The summed E-state index contributed by atoms with van der Waals surface area (Å²) < 4.78 is 41.9. The number of benzene rings is 1. The summed E-state index contributed by atoms with van der Waals surface area (Å²) in [4.78, 5) is 17.1. The van der Waals surface area contributed by atoms with Crippen molar-refractivity contribution in [3.05, 3.63) is 18.2 Å². The number of hydrogen-bond donors (Lipinski definition) is 0. The molecular formula is C19H27N5O4S2. The first kappa shape index (κ1) is 21.6. The standard InChI is InChI=1S/C19H27N5O4S2/c1-13-11-23(12-14(2)28-13)19(25)15(3)22-7-9-24(10-8-22)30(26,27)17-6-4-5-16-18(17)21-29-20-16/h4-6,13-15H,7-12H2,1-3H3. The number of fused-ring (bicyclic) bond motifs is 1. The molecule has 0 N–H and O–H groups in total.